The summed E-state index contributed by atoms with van der Waals surface area (Å²) in [6, 6.07) is 0.970. The summed E-state index contributed by atoms with van der Waals surface area (Å²) in [5, 5.41) is 16.6. The largest absolute Gasteiger partial charge is 0.490 e. The number of halogens is 3. The topological polar surface area (TPSA) is 121 Å². The highest BCUT2D eigenvalue weighted by Gasteiger charge is 2.39. The Labute approximate surface area is 163 Å². The zero-order chi connectivity index (χ0) is 21.6. The number of alkyl halides is 3. The van der Waals surface area contributed by atoms with Gasteiger partial charge in [0.1, 0.15) is 12.3 Å². The molecular weight excluding hydrogens is 401 g/mol. The van der Waals surface area contributed by atoms with Gasteiger partial charge in [-0.1, -0.05) is 0 Å². The normalized spacial score (nSPS) is 23.1. The predicted molar refractivity (Wildman–Crippen MR) is 90.3 cm³/mol. The van der Waals surface area contributed by atoms with Gasteiger partial charge in [-0.3, -0.25) is 9.69 Å². The highest BCUT2D eigenvalue weighted by molar-refractivity contribution is 5.96. The lowest BCUT2D eigenvalue weighted by Crippen LogP contribution is -2.56. The fourth-order valence-corrected chi connectivity index (χ4v) is 3.25. The highest BCUT2D eigenvalue weighted by Crippen LogP contribution is 2.25. The maximum atomic E-state index is 12.4. The van der Waals surface area contributed by atoms with Gasteiger partial charge in [-0.2, -0.15) is 13.2 Å². The molecule has 1 aromatic rings. The molecule has 2 fully saturated rings. The molecule has 2 unspecified atom stereocenters. The van der Waals surface area contributed by atoms with Crippen LogP contribution in [-0.4, -0.2) is 89.0 Å². The molecule has 0 radical (unpaired) electrons. The van der Waals surface area contributed by atoms with Gasteiger partial charge in [0, 0.05) is 25.7 Å². The third-order valence-corrected chi connectivity index (χ3v) is 4.69. The van der Waals surface area contributed by atoms with Crippen molar-refractivity contribution < 1.29 is 46.9 Å². The van der Waals surface area contributed by atoms with Crippen molar-refractivity contribution >= 4 is 17.8 Å². The van der Waals surface area contributed by atoms with Crippen LogP contribution in [0.1, 0.15) is 23.2 Å². The summed E-state index contributed by atoms with van der Waals surface area (Å²) in [5.41, 5.74) is 0.399. The third kappa shape index (κ3) is 6.19. The van der Waals surface area contributed by atoms with Crippen molar-refractivity contribution in [1.29, 1.82) is 0 Å². The van der Waals surface area contributed by atoms with Gasteiger partial charge in [0.2, 0.25) is 0 Å². The monoisotopic (exact) mass is 422 g/mol. The van der Waals surface area contributed by atoms with Gasteiger partial charge in [0.25, 0.3) is 5.91 Å². The number of aliphatic carboxylic acids is 2. The molecule has 12 heteroatoms. The number of carboxylic acids is 2. The number of hydrogen-bond donors (Lipinski definition) is 2. The minimum Gasteiger partial charge on any atom is -0.480 e. The van der Waals surface area contributed by atoms with E-state index in [0.717, 1.165) is 19.5 Å². The van der Waals surface area contributed by atoms with Gasteiger partial charge >= 0.3 is 18.1 Å². The number of carbonyl (C=O) groups is 3. The number of morpholine rings is 1. The van der Waals surface area contributed by atoms with Crippen LogP contribution in [0, 0.1) is 0 Å². The number of hydrogen-bond acceptors (Lipinski definition) is 6. The first-order valence-electron chi connectivity index (χ1n) is 8.79. The SMILES string of the molecule is O=C(O)C(F)(F)F.O=C(O)C1CC(N2CCOCC2)CCN1C(=O)c1ccoc1. The van der Waals surface area contributed by atoms with Crippen LogP contribution in [0.25, 0.3) is 0 Å². The Bertz CT molecular complexity index is 702. The van der Waals surface area contributed by atoms with Gasteiger partial charge in [0.05, 0.1) is 25.0 Å². The number of carbonyl (C=O) groups excluding carboxylic acids is 1. The summed E-state index contributed by atoms with van der Waals surface area (Å²) in [6.45, 7) is 3.47. The Morgan fingerprint density at radius 1 is 1.10 bits per heavy atom. The Morgan fingerprint density at radius 3 is 2.21 bits per heavy atom. The van der Waals surface area contributed by atoms with Crippen molar-refractivity contribution in [2.75, 3.05) is 32.8 Å². The Kier molecular flexibility index (Phi) is 7.62. The fourth-order valence-electron chi connectivity index (χ4n) is 3.25. The molecule has 0 aromatic carbocycles. The first-order valence-corrected chi connectivity index (χ1v) is 8.79. The molecule has 3 heterocycles. The average molecular weight is 422 g/mol. The van der Waals surface area contributed by atoms with Gasteiger partial charge in [-0.15, -0.1) is 0 Å². The Balaban J connectivity index is 0.000000370. The van der Waals surface area contributed by atoms with E-state index in [4.69, 9.17) is 19.1 Å². The van der Waals surface area contributed by atoms with E-state index in [1.165, 1.54) is 17.4 Å². The molecule has 162 valence electrons. The summed E-state index contributed by atoms with van der Waals surface area (Å²) in [5.74, 6) is -3.98. The van der Waals surface area contributed by atoms with Crippen molar-refractivity contribution in [3.63, 3.8) is 0 Å². The van der Waals surface area contributed by atoms with E-state index in [2.05, 4.69) is 4.90 Å². The van der Waals surface area contributed by atoms with E-state index in [1.54, 1.807) is 6.07 Å². The third-order valence-electron chi connectivity index (χ3n) is 4.69. The van der Waals surface area contributed by atoms with Crippen molar-refractivity contribution in [3.8, 4) is 0 Å². The van der Waals surface area contributed by atoms with Crippen molar-refractivity contribution in [2.24, 2.45) is 0 Å². The van der Waals surface area contributed by atoms with Gasteiger partial charge in [0.15, 0.2) is 0 Å². The minimum absolute atomic E-state index is 0.193. The summed E-state index contributed by atoms with van der Waals surface area (Å²) >= 11 is 0. The fraction of sp³-hybridized carbons (Fsp3) is 0.588. The highest BCUT2D eigenvalue weighted by atomic mass is 19.4. The van der Waals surface area contributed by atoms with Crippen molar-refractivity contribution in [3.05, 3.63) is 24.2 Å². The predicted octanol–water partition coefficient (Wildman–Crippen LogP) is 1.30. The molecule has 29 heavy (non-hydrogen) atoms. The lowest BCUT2D eigenvalue weighted by atomic mass is 9.94. The van der Waals surface area contributed by atoms with E-state index in [0.29, 0.717) is 31.7 Å². The molecule has 1 amide bonds. The first-order chi connectivity index (χ1) is 13.6. The van der Waals surface area contributed by atoms with E-state index < -0.39 is 24.2 Å². The van der Waals surface area contributed by atoms with Crippen LogP contribution in [0.3, 0.4) is 0 Å². The van der Waals surface area contributed by atoms with Crippen LogP contribution >= 0.6 is 0 Å². The number of piperidine rings is 1. The maximum absolute atomic E-state index is 12.4. The molecule has 0 bridgehead atoms. The summed E-state index contributed by atoms with van der Waals surface area (Å²) in [4.78, 5) is 36.7. The standard InChI is InChI=1S/C15H20N2O5.C2HF3O2/c18-14(11-2-6-22-10-11)17-3-1-12(9-13(17)15(19)20)16-4-7-21-8-5-16;3-2(4,5)1(6)7/h2,6,10,12-13H,1,3-5,7-9H2,(H,19,20);(H,6,7). The second-order valence-electron chi connectivity index (χ2n) is 6.49. The van der Waals surface area contributed by atoms with Crippen LogP contribution in [0.15, 0.2) is 23.0 Å². The van der Waals surface area contributed by atoms with Crippen LogP contribution in [0.2, 0.25) is 0 Å². The molecule has 2 N–H and O–H groups in total. The molecule has 9 nitrogen and oxygen atoms in total. The van der Waals surface area contributed by atoms with E-state index in [1.807, 2.05) is 0 Å². The Morgan fingerprint density at radius 2 is 1.72 bits per heavy atom. The van der Waals surface area contributed by atoms with Crippen LogP contribution < -0.4 is 0 Å². The van der Waals surface area contributed by atoms with Crippen LogP contribution in [0.5, 0.6) is 0 Å². The van der Waals surface area contributed by atoms with Crippen molar-refractivity contribution in [2.45, 2.75) is 31.1 Å². The number of ether oxygens (including phenoxy) is 1. The summed E-state index contributed by atoms with van der Waals surface area (Å²) < 4.78 is 42.0. The zero-order valence-electron chi connectivity index (χ0n) is 15.3. The molecule has 0 saturated carbocycles. The number of rotatable bonds is 3. The maximum Gasteiger partial charge on any atom is 0.490 e. The molecule has 2 saturated heterocycles. The van der Waals surface area contributed by atoms with Crippen LogP contribution in [-0.2, 0) is 14.3 Å². The second kappa shape index (κ2) is 9.74. The Hall–Kier alpha value is -2.60. The van der Waals surface area contributed by atoms with Crippen molar-refractivity contribution in [1.82, 2.24) is 9.80 Å². The molecule has 1 aromatic heterocycles. The first kappa shape index (κ1) is 22.7. The number of nitrogens with zero attached hydrogens (tertiary/aromatic N) is 2. The van der Waals surface area contributed by atoms with E-state index >= 15 is 0 Å². The molecule has 2 atom stereocenters. The lowest BCUT2D eigenvalue weighted by molar-refractivity contribution is -0.192. The molecule has 0 aliphatic carbocycles. The van der Waals surface area contributed by atoms with Crippen LogP contribution in [0.4, 0.5) is 13.2 Å². The summed E-state index contributed by atoms with van der Waals surface area (Å²) in [6.07, 6.45) is -1.06. The molecule has 3 rings (SSSR count). The summed E-state index contributed by atoms with van der Waals surface area (Å²) in [7, 11) is 0. The van der Waals surface area contributed by atoms with Gasteiger partial charge < -0.3 is 24.3 Å². The molecule has 2 aliphatic rings. The number of furan rings is 1. The minimum atomic E-state index is -5.08. The lowest BCUT2D eigenvalue weighted by Gasteiger charge is -2.42. The smallest absolute Gasteiger partial charge is 0.480 e. The number of amides is 1. The molecule has 0 spiro atoms. The average Bonchev–Trinajstić information content (AvgIpc) is 3.22. The van der Waals surface area contributed by atoms with Gasteiger partial charge in [-0.05, 0) is 18.9 Å². The molecular formula is C17H21F3N2O7. The van der Waals surface area contributed by atoms with Gasteiger partial charge in [-0.25, -0.2) is 9.59 Å². The second-order valence-corrected chi connectivity index (χ2v) is 6.49. The molecule has 2 aliphatic heterocycles. The number of likely N-dealkylation sites (tertiary alicyclic amines) is 1. The quantitative estimate of drug-likeness (QED) is 0.748. The number of carboxylic acid groups (broad SMARTS) is 2. The zero-order valence-corrected chi connectivity index (χ0v) is 15.3. The van der Waals surface area contributed by atoms with E-state index in [-0.39, 0.29) is 11.9 Å². The van der Waals surface area contributed by atoms with E-state index in [9.17, 15) is 27.9 Å².